The number of carbonyl (C=O) groups excluding carboxylic acids is 1. The van der Waals surface area contributed by atoms with Gasteiger partial charge in [0.15, 0.2) is 5.78 Å². The molecule has 3 unspecified atom stereocenters. The fraction of sp³-hybridized carbons (Fsp3) is 0.522. The Balaban J connectivity index is 1.28. The van der Waals surface area contributed by atoms with Gasteiger partial charge in [0.25, 0.3) is 0 Å². The molecular formula is C23H29NO4. The van der Waals surface area contributed by atoms with Crippen LogP contribution in [0.2, 0.25) is 0 Å². The number of aliphatic hydroxyl groups is 1. The van der Waals surface area contributed by atoms with Crippen LogP contribution in [-0.2, 0) is 6.54 Å². The smallest absolute Gasteiger partial charge is 0.159 e. The molecule has 2 aliphatic carbocycles. The van der Waals surface area contributed by atoms with Crippen molar-refractivity contribution in [3.63, 3.8) is 0 Å². The molecular weight excluding hydrogens is 354 g/mol. The number of rotatable bonds is 10. The molecule has 28 heavy (non-hydrogen) atoms. The van der Waals surface area contributed by atoms with E-state index in [1.807, 2.05) is 0 Å². The number of hydrogen-bond donors (Lipinski definition) is 1. The van der Waals surface area contributed by atoms with E-state index in [1.165, 1.54) is 19.3 Å². The molecule has 1 N–H and O–H groups in total. The zero-order chi connectivity index (χ0) is 19.7. The van der Waals surface area contributed by atoms with Crippen molar-refractivity contribution in [1.29, 1.82) is 0 Å². The van der Waals surface area contributed by atoms with E-state index in [2.05, 4.69) is 24.0 Å². The Kier molecular flexibility index (Phi) is 5.56. The number of nitrogens with zero attached hydrogens (tertiary/aromatic N) is 1. The molecule has 150 valence electrons. The summed E-state index contributed by atoms with van der Waals surface area (Å²) in [5.41, 5.74) is 0.659. The zero-order valence-corrected chi connectivity index (χ0v) is 16.6. The molecule has 2 aromatic rings. The Morgan fingerprint density at radius 1 is 1.25 bits per heavy atom. The topological polar surface area (TPSA) is 62.9 Å². The third-order valence-electron chi connectivity index (χ3n) is 5.73. The molecule has 0 radical (unpaired) electrons. The van der Waals surface area contributed by atoms with Gasteiger partial charge < -0.3 is 14.3 Å². The SMILES string of the molecule is CC(=O)c1ccc(OCC(O)CN(Cc2ccc(C3CC3C)o2)C2CC2)cc1. The van der Waals surface area contributed by atoms with Crippen LogP contribution in [0.5, 0.6) is 5.75 Å². The van der Waals surface area contributed by atoms with Crippen LogP contribution in [0.4, 0.5) is 0 Å². The second kappa shape index (κ2) is 8.10. The van der Waals surface area contributed by atoms with Crippen molar-refractivity contribution in [3.8, 4) is 5.75 Å². The van der Waals surface area contributed by atoms with Crippen LogP contribution in [0.25, 0.3) is 0 Å². The maximum absolute atomic E-state index is 11.3. The van der Waals surface area contributed by atoms with Crippen molar-refractivity contribution in [2.75, 3.05) is 13.2 Å². The maximum atomic E-state index is 11.3. The summed E-state index contributed by atoms with van der Waals surface area (Å²) in [6.45, 7) is 5.32. The number of carbonyl (C=O) groups is 1. The lowest BCUT2D eigenvalue weighted by atomic mass is 10.1. The second-order valence-electron chi connectivity index (χ2n) is 8.33. The fourth-order valence-electron chi connectivity index (χ4n) is 3.68. The van der Waals surface area contributed by atoms with Crippen LogP contribution in [0.3, 0.4) is 0 Å². The van der Waals surface area contributed by atoms with Crippen molar-refractivity contribution in [2.45, 2.75) is 57.7 Å². The highest BCUT2D eigenvalue weighted by Gasteiger charge is 2.37. The van der Waals surface area contributed by atoms with Crippen LogP contribution >= 0.6 is 0 Å². The van der Waals surface area contributed by atoms with Crippen LogP contribution in [-0.4, -0.2) is 41.1 Å². The lowest BCUT2D eigenvalue weighted by molar-refractivity contribution is 0.0601. The molecule has 1 aromatic heterocycles. The van der Waals surface area contributed by atoms with E-state index in [0.29, 0.717) is 29.8 Å². The summed E-state index contributed by atoms with van der Waals surface area (Å²) in [6.07, 6.45) is 2.99. The molecule has 4 rings (SSSR count). The van der Waals surface area contributed by atoms with Crippen molar-refractivity contribution < 1.29 is 19.1 Å². The standard InChI is InChI=1S/C23H29NO4/c1-15-11-22(15)23-10-9-21(28-23)13-24(18-5-6-18)12-19(26)14-27-20-7-3-17(4-8-20)16(2)25/h3-4,7-10,15,18-19,22,26H,5-6,11-14H2,1-2H3. The monoisotopic (exact) mass is 383 g/mol. The van der Waals surface area contributed by atoms with Gasteiger partial charge in [-0.2, -0.15) is 0 Å². The molecule has 1 heterocycles. The van der Waals surface area contributed by atoms with Gasteiger partial charge in [0.05, 0.1) is 6.54 Å². The largest absolute Gasteiger partial charge is 0.491 e. The van der Waals surface area contributed by atoms with E-state index in [1.54, 1.807) is 31.2 Å². The summed E-state index contributed by atoms with van der Waals surface area (Å²) >= 11 is 0. The van der Waals surface area contributed by atoms with Crippen molar-refractivity contribution in [2.24, 2.45) is 5.92 Å². The predicted molar refractivity (Wildman–Crippen MR) is 107 cm³/mol. The lowest BCUT2D eigenvalue weighted by Gasteiger charge is -2.24. The lowest BCUT2D eigenvalue weighted by Crippen LogP contribution is -2.36. The van der Waals surface area contributed by atoms with Gasteiger partial charge in [-0.25, -0.2) is 0 Å². The van der Waals surface area contributed by atoms with Gasteiger partial charge in [-0.15, -0.1) is 0 Å². The highest BCUT2D eigenvalue weighted by molar-refractivity contribution is 5.94. The molecule has 0 bridgehead atoms. The zero-order valence-electron chi connectivity index (χ0n) is 16.6. The number of ether oxygens (including phenoxy) is 1. The highest BCUT2D eigenvalue weighted by Crippen LogP contribution is 2.47. The van der Waals surface area contributed by atoms with Gasteiger partial charge in [-0.05, 0) is 68.5 Å². The Labute approximate surface area is 166 Å². The maximum Gasteiger partial charge on any atom is 0.159 e. The van der Waals surface area contributed by atoms with Gasteiger partial charge in [0.1, 0.15) is 30.0 Å². The second-order valence-corrected chi connectivity index (χ2v) is 8.33. The first-order chi connectivity index (χ1) is 13.5. The first kappa shape index (κ1) is 19.2. The normalized spacial score (nSPS) is 22.3. The summed E-state index contributed by atoms with van der Waals surface area (Å²) in [6, 6.07) is 11.7. The number of hydrogen-bond acceptors (Lipinski definition) is 5. The Morgan fingerprint density at radius 3 is 2.57 bits per heavy atom. The van der Waals surface area contributed by atoms with Gasteiger partial charge in [-0.1, -0.05) is 6.92 Å². The highest BCUT2D eigenvalue weighted by atomic mass is 16.5. The van der Waals surface area contributed by atoms with Crippen molar-refractivity contribution in [3.05, 3.63) is 53.5 Å². The quantitative estimate of drug-likeness (QED) is 0.628. The van der Waals surface area contributed by atoms with Crippen LogP contribution < -0.4 is 4.74 Å². The Hall–Kier alpha value is -2.11. The molecule has 2 saturated carbocycles. The molecule has 1 aromatic carbocycles. The van der Waals surface area contributed by atoms with E-state index < -0.39 is 6.10 Å². The Bertz CT molecular complexity index is 808. The average molecular weight is 383 g/mol. The first-order valence-electron chi connectivity index (χ1n) is 10.2. The van der Waals surface area contributed by atoms with Crippen molar-refractivity contribution >= 4 is 5.78 Å². The van der Waals surface area contributed by atoms with Gasteiger partial charge in [0, 0.05) is 24.1 Å². The molecule has 2 aliphatic rings. The van der Waals surface area contributed by atoms with Gasteiger partial charge in [0.2, 0.25) is 0 Å². The summed E-state index contributed by atoms with van der Waals surface area (Å²) in [7, 11) is 0. The van der Waals surface area contributed by atoms with Crippen LogP contribution in [0, 0.1) is 5.92 Å². The molecule has 0 aliphatic heterocycles. The van der Waals surface area contributed by atoms with E-state index in [-0.39, 0.29) is 12.4 Å². The minimum Gasteiger partial charge on any atom is -0.491 e. The van der Waals surface area contributed by atoms with Gasteiger partial charge in [-0.3, -0.25) is 9.69 Å². The fourth-order valence-corrected chi connectivity index (χ4v) is 3.68. The van der Waals surface area contributed by atoms with Crippen molar-refractivity contribution in [1.82, 2.24) is 4.90 Å². The van der Waals surface area contributed by atoms with E-state index >= 15 is 0 Å². The van der Waals surface area contributed by atoms with E-state index in [4.69, 9.17) is 9.15 Å². The summed E-state index contributed by atoms with van der Waals surface area (Å²) in [5.74, 6) is 4.11. The first-order valence-corrected chi connectivity index (χ1v) is 10.2. The molecule has 3 atom stereocenters. The number of benzene rings is 1. The predicted octanol–water partition coefficient (Wildman–Crippen LogP) is 4.01. The summed E-state index contributed by atoms with van der Waals surface area (Å²) in [5, 5.41) is 10.5. The van der Waals surface area contributed by atoms with E-state index in [0.717, 1.165) is 24.0 Å². The average Bonchev–Trinajstić information content (AvgIpc) is 3.60. The Morgan fingerprint density at radius 2 is 1.96 bits per heavy atom. The molecule has 0 amide bonds. The third-order valence-corrected chi connectivity index (χ3v) is 5.73. The third kappa shape index (κ3) is 4.83. The van der Waals surface area contributed by atoms with Crippen LogP contribution in [0.1, 0.15) is 60.9 Å². The molecule has 2 fully saturated rings. The minimum atomic E-state index is -0.578. The number of furan rings is 1. The van der Waals surface area contributed by atoms with Crippen LogP contribution in [0.15, 0.2) is 40.8 Å². The molecule has 5 heteroatoms. The number of Topliss-reactive ketones (excluding diaryl/α,β-unsaturated/α-hetero) is 1. The minimum absolute atomic E-state index is 0.0314. The summed E-state index contributed by atoms with van der Waals surface area (Å²) in [4.78, 5) is 13.6. The van der Waals surface area contributed by atoms with E-state index in [9.17, 15) is 9.90 Å². The molecule has 0 saturated heterocycles. The molecule has 0 spiro atoms. The summed E-state index contributed by atoms with van der Waals surface area (Å²) < 4.78 is 11.7. The molecule has 5 nitrogen and oxygen atoms in total. The number of aliphatic hydroxyl groups excluding tert-OH is 1. The van der Waals surface area contributed by atoms with Gasteiger partial charge >= 0.3 is 0 Å². The number of ketones is 1.